The van der Waals surface area contributed by atoms with Crippen LogP contribution >= 0.6 is 0 Å². The van der Waals surface area contributed by atoms with Crippen molar-refractivity contribution in [1.82, 2.24) is 5.32 Å². The summed E-state index contributed by atoms with van der Waals surface area (Å²) in [4.78, 5) is 11.6. The Morgan fingerprint density at radius 2 is 1.18 bits per heavy atom. The summed E-state index contributed by atoms with van der Waals surface area (Å²) in [6.45, 7) is 3.12. The maximum absolute atomic E-state index is 11.6. The lowest BCUT2D eigenvalue weighted by Gasteiger charge is -2.05. The first-order valence-electron chi connectivity index (χ1n) is 9.66. The first-order valence-corrected chi connectivity index (χ1v) is 9.66. The Bertz CT molecular complexity index is 231. The van der Waals surface area contributed by atoms with Gasteiger partial charge in [0.2, 0.25) is 5.91 Å². The molecule has 0 aliphatic carbocycles. The van der Waals surface area contributed by atoms with Crippen molar-refractivity contribution in [3.63, 3.8) is 0 Å². The van der Waals surface area contributed by atoms with Gasteiger partial charge in [-0.1, -0.05) is 77.6 Å². The molecule has 0 rings (SSSR count). The van der Waals surface area contributed by atoms with Gasteiger partial charge in [-0.25, -0.2) is 5.11 Å². The SMILES string of the molecule is CCCCCNC(=O)CCCCCCCCCCCCC[O]. The van der Waals surface area contributed by atoms with Crippen LogP contribution in [0, 0.1) is 0 Å². The third kappa shape index (κ3) is 17.5. The molecule has 22 heavy (non-hydrogen) atoms. The highest BCUT2D eigenvalue weighted by Crippen LogP contribution is 2.11. The van der Waals surface area contributed by atoms with Crippen molar-refractivity contribution >= 4 is 5.91 Å². The molecule has 0 saturated heterocycles. The van der Waals surface area contributed by atoms with Crippen LogP contribution in [0.5, 0.6) is 0 Å². The van der Waals surface area contributed by atoms with E-state index in [2.05, 4.69) is 12.2 Å². The van der Waals surface area contributed by atoms with Gasteiger partial charge in [0.1, 0.15) is 0 Å². The summed E-state index contributed by atoms with van der Waals surface area (Å²) < 4.78 is 0. The topological polar surface area (TPSA) is 49.0 Å². The first-order chi connectivity index (χ1) is 10.8. The molecule has 3 heteroatoms. The van der Waals surface area contributed by atoms with Crippen molar-refractivity contribution in [3.05, 3.63) is 0 Å². The number of hydrogen-bond donors (Lipinski definition) is 1. The number of amides is 1. The molecule has 0 spiro atoms. The van der Waals surface area contributed by atoms with E-state index in [4.69, 9.17) is 0 Å². The van der Waals surface area contributed by atoms with Crippen molar-refractivity contribution in [3.8, 4) is 0 Å². The molecule has 0 bridgehead atoms. The van der Waals surface area contributed by atoms with Crippen LogP contribution in [0.2, 0.25) is 0 Å². The van der Waals surface area contributed by atoms with Gasteiger partial charge in [0.15, 0.2) is 0 Å². The van der Waals surface area contributed by atoms with Crippen molar-refractivity contribution in [2.45, 2.75) is 103 Å². The van der Waals surface area contributed by atoms with E-state index in [1.165, 1.54) is 64.2 Å². The van der Waals surface area contributed by atoms with Gasteiger partial charge in [-0.3, -0.25) is 4.79 Å². The standard InChI is InChI=1S/C19H38NO2/c1-2-3-14-17-20-19(22)16-13-11-9-7-5-4-6-8-10-12-15-18-21/h2-18H2,1H3,(H,20,22). The van der Waals surface area contributed by atoms with Crippen molar-refractivity contribution in [1.29, 1.82) is 0 Å². The van der Waals surface area contributed by atoms with Gasteiger partial charge in [-0.05, 0) is 19.3 Å². The van der Waals surface area contributed by atoms with Crippen molar-refractivity contribution in [2.24, 2.45) is 0 Å². The minimum Gasteiger partial charge on any atom is -0.356 e. The van der Waals surface area contributed by atoms with E-state index >= 15 is 0 Å². The molecule has 0 aromatic carbocycles. The van der Waals surface area contributed by atoms with Crippen LogP contribution in [0.25, 0.3) is 0 Å². The Balaban J connectivity index is 3.08. The monoisotopic (exact) mass is 312 g/mol. The Morgan fingerprint density at radius 1 is 0.682 bits per heavy atom. The largest absolute Gasteiger partial charge is 0.356 e. The highest BCUT2D eigenvalue weighted by Gasteiger charge is 2.00. The molecule has 1 amide bonds. The average molecular weight is 313 g/mol. The molecule has 0 aromatic rings. The summed E-state index contributed by atoms with van der Waals surface area (Å²) >= 11 is 0. The number of rotatable bonds is 17. The third-order valence-electron chi connectivity index (χ3n) is 4.15. The predicted molar refractivity (Wildman–Crippen MR) is 93.5 cm³/mol. The second-order valence-electron chi connectivity index (χ2n) is 6.40. The predicted octanol–water partition coefficient (Wildman–Crippen LogP) is 5.40. The molecule has 0 aliphatic rings. The van der Waals surface area contributed by atoms with E-state index in [1.807, 2.05) is 0 Å². The van der Waals surface area contributed by atoms with Gasteiger partial charge >= 0.3 is 0 Å². The fourth-order valence-electron chi connectivity index (χ4n) is 2.67. The number of carbonyl (C=O) groups is 1. The molecule has 0 atom stereocenters. The lowest BCUT2D eigenvalue weighted by Crippen LogP contribution is -2.23. The van der Waals surface area contributed by atoms with Crippen LogP contribution in [0.15, 0.2) is 0 Å². The van der Waals surface area contributed by atoms with Crippen LogP contribution in [0.4, 0.5) is 0 Å². The Hall–Kier alpha value is -0.570. The smallest absolute Gasteiger partial charge is 0.219 e. The minimum absolute atomic E-state index is 0.0940. The van der Waals surface area contributed by atoms with Crippen LogP contribution in [0.3, 0.4) is 0 Å². The summed E-state index contributed by atoms with van der Waals surface area (Å²) in [5, 5.41) is 13.3. The average Bonchev–Trinajstić information content (AvgIpc) is 2.52. The highest BCUT2D eigenvalue weighted by atomic mass is 16.2. The minimum atomic E-state index is 0.0940. The molecule has 0 saturated carbocycles. The normalized spacial score (nSPS) is 10.8. The summed E-state index contributed by atoms with van der Waals surface area (Å²) in [7, 11) is 0. The van der Waals surface area contributed by atoms with E-state index < -0.39 is 0 Å². The molecule has 0 unspecified atom stereocenters. The fourth-order valence-corrected chi connectivity index (χ4v) is 2.67. The summed E-state index contributed by atoms with van der Waals surface area (Å²) in [5.74, 6) is 0.231. The van der Waals surface area contributed by atoms with Crippen molar-refractivity contribution < 1.29 is 9.90 Å². The molecule has 0 aromatic heterocycles. The molecule has 0 fully saturated rings. The Labute approximate surface area is 138 Å². The van der Waals surface area contributed by atoms with Gasteiger partial charge in [0.05, 0.1) is 6.61 Å². The molecule has 131 valence electrons. The number of carbonyl (C=O) groups excluding carboxylic acids is 1. The van der Waals surface area contributed by atoms with E-state index in [0.29, 0.717) is 6.42 Å². The van der Waals surface area contributed by atoms with Gasteiger partial charge in [-0.2, -0.15) is 0 Å². The van der Waals surface area contributed by atoms with E-state index in [-0.39, 0.29) is 12.5 Å². The maximum Gasteiger partial charge on any atom is 0.219 e. The number of nitrogens with one attached hydrogen (secondary N) is 1. The summed E-state index contributed by atoms with van der Waals surface area (Å²) in [5.41, 5.74) is 0. The lowest BCUT2D eigenvalue weighted by atomic mass is 10.1. The zero-order valence-electron chi connectivity index (χ0n) is 14.8. The second-order valence-corrected chi connectivity index (χ2v) is 6.40. The third-order valence-corrected chi connectivity index (χ3v) is 4.15. The molecule has 3 nitrogen and oxygen atoms in total. The van der Waals surface area contributed by atoms with E-state index in [0.717, 1.165) is 32.2 Å². The Kier molecular flexibility index (Phi) is 18.0. The van der Waals surface area contributed by atoms with E-state index in [1.54, 1.807) is 0 Å². The quantitative estimate of drug-likeness (QED) is 0.359. The highest BCUT2D eigenvalue weighted by molar-refractivity contribution is 5.75. The maximum atomic E-state index is 11.6. The van der Waals surface area contributed by atoms with Gasteiger partial charge in [0.25, 0.3) is 0 Å². The lowest BCUT2D eigenvalue weighted by molar-refractivity contribution is -0.121. The Morgan fingerprint density at radius 3 is 1.68 bits per heavy atom. The van der Waals surface area contributed by atoms with Gasteiger partial charge < -0.3 is 5.32 Å². The van der Waals surface area contributed by atoms with Crippen LogP contribution < -0.4 is 5.32 Å². The molecule has 1 radical (unpaired) electrons. The number of hydrogen-bond acceptors (Lipinski definition) is 1. The van der Waals surface area contributed by atoms with Gasteiger partial charge in [0, 0.05) is 13.0 Å². The number of unbranched alkanes of at least 4 members (excludes halogenated alkanes) is 12. The molecular formula is C19H38NO2. The van der Waals surface area contributed by atoms with Crippen molar-refractivity contribution in [2.75, 3.05) is 13.2 Å². The fraction of sp³-hybridized carbons (Fsp3) is 0.947. The van der Waals surface area contributed by atoms with Gasteiger partial charge in [-0.15, -0.1) is 0 Å². The molecule has 1 N–H and O–H groups in total. The first kappa shape index (κ1) is 21.4. The molecular weight excluding hydrogens is 274 g/mol. The molecule has 0 aliphatic heterocycles. The zero-order valence-corrected chi connectivity index (χ0v) is 14.8. The van der Waals surface area contributed by atoms with E-state index in [9.17, 15) is 9.90 Å². The van der Waals surface area contributed by atoms with Crippen LogP contribution in [-0.4, -0.2) is 19.1 Å². The second kappa shape index (κ2) is 18.5. The van der Waals surface area contributed by atoms with Crippen LogP contribution in [0.1, 0.15) is 103 Å². The zero-order chi connectivity index (χ0) is 16.3. The summed E-state index contributed by atoms with van der Waals surface area (Å²) in [6, 6.07) is 0. The molecule has 0 heterocycles. The summed E-state index contributed by atoms with van der Waals surface area (Å²) in [6.07, 6.45) is 17.5. The van der Waals surface area contributed by atoms with Crippen LogP contribution in [-0.2, 0) is 9.90 Å².